The molecule has 0 aliphatic carbocycles. The number of hydrogen-bond acceptors (Lipinski definition) is 5. The van der Waals surface area contributed by atoms with Crippen LogP contribution in [0.2, 0.25) is 0 Å². The van der Waals surface area contributed by atoms with E-state index in [1.54, 1.807) is 24.1 Å². The van der Waals surface area contributed by atoms with Gasteiger partial charge in [0, 0.05) is 56.5 Å². The SMILES string of the molecule is CCn1cc(-c2nn(-c3ccccc3)c(NC(=O)N[C@@H]3CN(CCOC)C[C@H]3c3ccc(F)c(F)c3)c2C)cn1. The number of para-hydroxylation sites is 1. The van der Waals surface area contributed by atoms with E-state index in [-0.39, 0.29) is 12.0 Å². The average molecular weight is 550 g/mol. The number of methoxy groups -OCH3 is 1. The summed E-state index contributed by atoms with van der Waals surface area (Å²) >= 11 is 0. The fraction of sp³-hybridized carbons (Fsp3) is 0.345. The maximum Gasteiger partial charge on any atom is 0.320 e. The van der Waals surface area contributed by atoms with Crippen LogP contribution in [0.25, 0.3) is 16.9 Å². The summed E-state index contributed by atoms with van der Waals surface area (Å²) in [5.41, 5.74) is 3.77. The Balaban J connectivity index is 1.42. The number of benzene rings is 2. The highest BCUT2D eigenvalue weighted by Crippen LogP contribution is 2.32. The summed E-state index contributed by atoms with van der Waals surface area (Å²) in [6.45, 7) is 6.95. The lowest BCUT2D eigenvalue weighted by atomic mass is 9.94. The predicted octanol–water partition coefficient (Wildman–Crippen LogP) is 4.58. The fourth-order valence-electron chi connectivity index (χ4n) is 5.16. The van der Waals surface area contributed by atoms with E-state index in [0.717, 1.165) is 29.4 Å². The third-order valence-corrected chi connectivity index (χ3v) is 7.28. The number of halogens is 2. The van der Waals surface area contributed by atoms with Crippen molar-refractivity contribution in [3.8, 4) is 16.9 Å². The van der Waals surface area contributed by atoms with Crippen LogP contribution in [0.15, 0.2) is 60.9 Å². The quantitative estimate of drug-likeness (QED) is 0.319. The van der Waals surface area contributed by atoms with Gasteiger partial charge in [-0.15, -0.1) is 0 Å². The van der Waals surface area contributed by atoms with Gasteiger partial charge in [0.05, 0.1) is 24.5 Å². The van der Waals surface area contributed by atoms with Crippen LogP contribution in [0.1, 0.15) is 24.0 Å². The van der Waals surface area contributed by atoms with E-state index in [0.29, 0.717) is 43.3 Å². The van der Waals surface area contributed by atoms with Crippen LogP contribution in [-0.2, 0) is 11.3 Å². The Hall–Kier alpha value is -4.09. The van der Waals surface area contributed by atoms with E-state index in [1.807, 2.05) is 55.1 Å². The van der Waals surface area contributed by atoms with Gasteiger partial charge in [0.1, 0.15) is 11.5 Å². The Labute approximate surface area is 231 Å². The van der Waals surface area contributed by atoms with Gasteiger partial charge in [-0.05, 0) is 43.7 Å². The molecule has 1 saturated heterocycles. The van der Waals surface area contributed by atoms with Crippen molar-refractivity contribution in [2.24, 2.45) is 0 Å². The first-order valence-corrected chi connectivity index (χ1v) is 13.3. The number of rotatable bonds is 9. The van der Waals surface area contributed by atoms with Crippen molar-refractivity contribution in [2.75, 3.05) is 38.7 Å². The van der Waals surface area contributed by atoms with Crippen LogP contribution in [-0.4, -0.2) is 69.9 Å². The number of aryl methyl sites for hydroxylation is 1. The molecule has 0 saturated carbocycles. The van der Waals surface area contributed by atoms with Gasteiger partial charge in [-0.1, -0.05) is 24.3 Å². The zero-order valence-corrected chi connectivity index (χ0v) is 22.8. The van der Waals surface area contributed by atoms with Crippen molar-refractivity contribution in [1.82, 2.24) is 29.8 Å². The van der Waals surface area contributed by atoms with E-state index >= 15 is 0 Å². The van der Waals surface area contributed by atoms with Crippen molar-refractivity contribution in [3.63, 3.8) is 0 Å². The number of carbonyl (C=O) groups excluding carboxylic acids is 1. The number of anilines is 1. The Kier molecular flexibility index (Phi) is 8.22. The van der Waals surface area contributed by atoms with Crippen LogP contribution in [0.5, 0.6) is 0 Å². The molecule has 4 aromatic rings. The summed E-state index contributed by atoms with van der Waals surface area (Å²) in [5, 5.41) is 15.3. The molecule has 2 amide bonds. The summed E-state index contributed by atoms with van der Waals surface area (Å²) < 4.78 is 36.5. The minimum Gasteiger partial charge on any atom is -0.383 e. The van der Waals surface area contributed by atoms with Gasteiger partial charge in [-0.2, -0.15) is 10.2 Å². The lowest BCUT2D eigenvalue weighted by Gasteiger charge is -2.21. The van der Waals surface area contributed by atoms with Gasteiger partial charge in [-0.25, -0.2) is 18.3 Å². The van der Waals surface area contributed by atoms with Crippen LogP contribution in [0, 0.1) is 18.6 Å². The molecule has 9 nitrogen and oxygen atoms in total. The molecular formula is C29H33F2N7O2. The molecule has 11 heteroatoms. The minimum atomic E-state index is -0.905. The van der Waals surface area contributed by atoms with Gasteiger partial charge in [-0.3, -0.25) is 14.9 Å². The first kappa shape index (κ1) is 27.5. The second kappa shape index (κ2) is 12.0. The van der Waals surface area contributed by atoms with Gasteiger partial charge in [0.25, 0.3) is 0 Å². The number of amides is 2. The molecule has 3 heterocycles. The zero-order chi connectivity index (χ0) is 28.2. The van der Waals surface area contributed by atoms with Crippen LogP contribution >= 0.6 is 0 Å². The van der Waals surface area contributed by atoms with Gasteiger partial charge in [0.15, 0.2) is 11.6 Å². The lowest BCUT2D eigenvalue weighted by molar-refractivity contribution is 0.159. The van der Waals surface area contributed by atoms with E-state index < -0.39 is 17.7 Å². The molecular weight excluding hydrogens is 516 g/mol. The van der Waals surface area contributed by atoms with E-state index in [2.05, 4.69) is 20.6 Å². The van der Waals surface area contributed by atoms with E-state index in [1.165, 1.54) is 6.07 Å². The molecule has 2 atom stereocenters. The molecule has 0 radical (unpaired) electrons. The molecule has 40 heavy (non-hydrogen) atoms. The van der Waals surface area contributed by atoms with Crippen LogP contribution in [0.3, 0.4) is 0 Å². The number of urea groups is 1. The van der Waals surface area contributed by atoms with Crippen molar-refractivity contribution < 1.29 is 18.3 Å². The molecule has 1 fully saturated rings. The normalized spacial score (nSPS) is 17.3. The third-order valence-electron chi connectivity index (χ3n) is 7.28. The highest BCUT2D eigenvalue weighted by Gasteiger charge is 2.35. The Morgan fingerprint density at radius 3 is 2.62 bits per heavy atom. The lowest BCUT2D eigenvalue weighted by Crippen LogP contribution is -2.42. The highest BCUT2D eigenvalue weighted by molar-refractivity contribution is 5.91. The number of nitrogens with zero attached hydrogens (tertiary/aromatic N) is 5. The van der Waals surface area contributed by atoms with E-state index in [4.69, 9.17) is 9.84 Å². The van der Waals surface area contributed by atoms with Crippen molar-refractivity contribution >= 4 is 11.8 Å². The Bertz CT molecular complexity index is 1470. The molecule has 2 aromatic heterocycles. The number of hydrogen-bond donors (Lipinski definition) is 2. The third kappa shape index (κ3) is 5.75. The van der Waals surface area contributed by atoms with Crippen LogP contribution < -0.4 is 10.6 Å². The summed E-state index contributed by atoms with van der Waals surface area (Å²) in [7, 11) is 1.63. The van der Waals surface area contributed by atoms with E-state index in [9.17, 15) is 13.6 Å². The molecule has 2 aromatic carbocycles. The summed E-state index contributed by atoms with van der Waals surface area (Å²) in [4.78, 5) is 15.6. The Morgan fingerprint density at radius 2 is 1.93 bits per heavy atom. The maximum atomic E-state index is 14.1. The second-order valence-corrected chi connectivity index (χ2v) is 9.89. The summed E-state index contributed by atoms with van der Waals surface area (Å²) in [6, 6.07) is 12.7. The Morgan fingerprint density at radius 1 is 1.12 bits per heavy atom. The summed E-state index contributed by atoms with van der Waals surface area (Å²) in [6.07, 6.45) is 3.69. The first-order valence-electron chi connectivity index (χ1n) is 13.3. The van der Waals surface area contributed by atoms with Gasteiger partial charge < -0.3 is 10.1 Å². The monoisotopic (exact) mass is 549 g/mol. The molecule has 2 N–H and O–H groups in total. The molecule has 0 unspecified atom stereocenters. The molecule has 0 bridgehead atoms. The smallest absolute Gasteiger partial charge is 0.320 e. The number of nitrogens with one attached hydrogen (secondary N) is 2. The number of aromatic nitrogens is 4. The van der Waals surface area contributed by atoms with Crippen molar-refractivity contribution in [3.05, 3.63) is 83.7 Å². The van der Waals surface area contributed by atoms with Gasteiger partial charge in [0.2, 0.25) is 0 Å². The molecule has 1 aliphatic heterocycles. The largest absolute Gasteiger partial charge is 0.383 e. The molecule has 1 aliphatic rings. The number of likely N-dealkylation sites (tertiary alicyclic amines) is 1. The fourth-order valence-corrected chi connectivity index (χ4v) is 5.16. The minimum absolute atomic E-state index is 0.228. The molecule has 210 valence electrons. The van der Waals surface area contributed by atoms with Crippen molar-refractivity contribution in [2.45, 2.75) is 32.4 Å². The zero-order valence-electron chi connectivity index (χ0n) is 22.8. The first-order chi connectivity index (χ1) is 19.4. The summed E-state index contributed by atoms with van der Waals surface area (Å²) in [5.74, 6) is -1.50. The molecule has 0 spiro atoms. The van der Waals surface area contributed by atoms with Crippen LogP contribution in [0.4, 0.5) is 19.4 Å². The predicted molar refractivity (Wildman–Crippen MR) is 149 cm³/mol. The molecule has 5 rings (SSSR count). The topological polar surface area (TPSA) is 89.2 Å². The standard InChI is InChI=1S/C29H33F2N7O2/c1-4-37-16-21(15-32-37)27-19(2)28(38(35-27)22-8-6-5-7-9-22)34-29(39)33-26-18-36(12-13-40-3)17-23(26)20-10-11-24(30)25(31)14-20/h5-11,14-16,23,26H,4,12-13,17-18H2,1-3H3,(H2,33,34,39)/t23-,26+/m0/s1. The maximum absolute atomic E-state index is 14.1. The van der Waals surface area contributed by atoms with Gasteiger partial charge >= 0.3 is 6.03 Å². The van der Waals surface area contributed by atoms with Crippen molar-refractivity contribution in [1.29, 1.82) is 0 Å². The number of carbonyl (C=O) groups is 1. The number of ether oxygens (including phenoxy) is 1. The average Bonchev–Trinajstić information content (AvgIpc) is 3.67. The highest BCUT2D eigenvalue weighted by atomic mass is 19.2. The second-order valence-electron chi connectivity index (χ2n) is 9.89.